The van der Waals surface area contributed by atoms with Crippen LogP contribution in [0.25, 0.3) is 0 Å². The maximum atomic E-state index is 10.8. The van der Waals surface area contributed by atoms with E-state index in [0.717, 1.165) is 30.7 Å². The van der Waals surface area contributed by atoms with Gasteiger partial charge in [0.05, 0.1) is 5.69 Å². The summed E-state index contributed by atoms with van der Waals surface area (Å²) in [5.74, 6) is -1.06. The summed E-state index contributed by atoms with van der Waals surface area (Å²) in [7, 11) is 1.68. The van der Waals surface area contributed by atoms with Gasteiger partial charge < -0.3 is 15.6 Å². The van der Waals surface area contributed by atoms with Gasteiger partial charge in [0, 0.05) is 12.5 Å². The summed E-state index contributed by atoms with van der Waals surface area (Å²) >= 11 is 1.44. The van der Waals surface area contributed by atoms with Gasteiger partial charge in [0.25, 0.3) is 0 Å². The minimum absolute atomic E-state index is 0.318. The molecule has 94 valence electrons. The summed E-state index contributed by atoms with van der Waals surface area (Å²) in [6.07, 6.45) is 4.12. The number of thiazole rings is 1. The van der Waals surface area contributed by atoms with Crippen LogP contribution < -0.4 is 5.73 Å². The molecule has 1 aromatic heterocycles. The number of carboxylic acid groups (broad SMARTS) is 1. The Labute approximate surface area is 104 Å². The number of carboxylic acids is 1. The third-order valence-electron chi connectivity index (χ3n) is 3.30. The van der Waals surface area contributed by atoms with Crippen molar-refractivity contribution < 1.29 is 14.6 Å². The summed E-state index contributed by atoms with van der Waals surface area (Å²) in [6.45, 7) is 0. The maximum absolute atomic E-state index is 10.8. The van der Waals surface area contributed by atoms with Gasteiger partial charge >= 0.3 is 5.97 Å². The van der Waals surface area contributed by atoms with Gasteiger partial charge in [-0.05, 0) is 12.8 Å². The van der Waals surface area contributed by atoms with E-state index >= 15 is 0 Å². The molecule has 1 aromatic rings. The summed E-state index contributed by atoms with van der Waals surface area (Å²) < 4.78 is 5.60. The Bertz CT molecular complexity index is 413. The van der Waals surface area contributed by atoms with Crippen molar-refractivity contribution >= 4 is 17.3 Å². The molecule has 0 aliphatic heterocycles. The van der Waals surface area contributed by atoms with Crippen LogP contribution in [-0.4, -0.2) is 23.2 Å². The average molecular weight is 256 g/mol. The van der Waals surface area contributed by atoms with Gasteiger partial charge in [0.15, 0.2) is 0 Å². The Morgan fingerprint density at radius 2 is 2.29 bits per heavy atom. The molecular formula is C11H16N2O3S. The molecule has 0 bridgehead atoms. The number of aromatic nitrogens is 1. The lowest BCUT2D eigenvalue weighted by molar-refractivity contribution is -0.138. The predicted octanol–water partition coefficient (Wildman–Crippen LogP) is 1.64. The van der Waals surface area contributed by atoms with Crippen molar-refractivity contribution in [1.82, 2.24) is 4.98 Å². The lowest BCUT2D eigenvalue weighted by Crippen LogP contribution is -2.25. The molecule has 0 amide bonds. The first-order valence-electron chi connectivity index (χ1n) is 5.58. The molecule has 1 atom stereocenters. The van der Waals surface area contributed by atoms with Crippen LogP contribution in [0, 0.1) is 0 Å². The van der Waals surface area contributed by atoms with Gasteiger partial charge in [-0.25, -0.2) is 4.98 Å². The molecule has 5 nitrogen and oxygen atoms in total. The van der Waals surface area contributed by atoms with E-state index in [-0.39, 0.29) is 5.60 Å². The molecule has 6 heteroatoms. The molecule has 1 fully saturated rings. The van der Waals surface area contributed by atoms with Crippen molar-refractivity contribution in [3.63, 3.8) is 0 Å². The van der Waals surface area contributed by atoms with Crippen LogP contribution in [-0.2, 0) is 15.1 Å². The summed E-state index contributed by atoms with van der Waals surface area (Å²) in [5, 5.41) is 11.4. The Morgan fingerprint density at radius 3 is 2.82 bits per heavy atom. The number of nitrogens with zero attached hydrogens (tertiary/aromatic N) is 1. The van der Waals surface area contributed by atoms with E-state index in [1.807, 2.05) is 0 Å². The second kappa shape index (κ2) is 4.72. The van der Waals surface area contributed by atoms with E-state index in [1.165, 1.54) is 11.3 Å². The predicted molar refractivity (Wildman–Crippen MR) is 63.8 cm³/mol. The first-order valence-corrected chi connectivity index (χ1v) is 6.46. The van der Waals surface area contributed by atoms with E-state index < -0.39 is 12.0 Å². The molecule has 1 aliphatic rings. The van der Waals surface area contributed by atoms with Crippen molar-refractivity contribution in [2.75, 3.05) is 7.11 Å². The molecule has 0 spiro atoms. The Kier molecular flexibility index (Phi) is 3.46. The third-order valence-corrected chi connectivity index (χ3v) is 4.34. The fourth-order valence-corrected chi connectivity index (χ4v) is 3.31. The first-order chi connectivity index (χ1) is 8.09. The van der Waals surface area contributed by atoms with Gasteiger partial charge in [-0.15, -0.1) is 11.3 Å². The number of carbonyl (C=O) groups is 1. The highest BCUT2D eigenvalue weighted by molar-refractivity contribution is 7.09. The van der Waals surface area contributed by atoms with Crippen LogP contribution in [0.2, 0.25) is 0 Å². The smallest absolute Gasteiger partial charge is 0.326 e. The van der Waals surface area contributed by atoms with Crippen molar-refractivity contribution in [1.29, 1.82) is 0 Å². The maximum Gasteiger partial charge on any atom is 0.326 e. The number of hydrogen-bond acceptors (Lipinski definition) is 5. The topological polar surface area (TPSA) is 85.4 Å². The van der Waals surface area contributed by atoms with Crippen molar-refractivity contribution in [3.05, 3.63) is 16.1 Å². The SMILES string of the molecule is COC1(c2nc(C(N)C(=O)O)cs2)CCCC1. The van der Waals surface area contributed by atoms with Crippen LogP contribution in [0.1, 0.15) is 42.4 Å². The third kappa shape index (κ3) is 2.20. The van der Waals surface area contributed by atoms with Crippen LogP contribution in [0.4, 0.5) is 0 Å². The Hall–Kier alpha value is -0.980. The van der Waals surface area contributed by atoms with E-state index in [2.05, 4.69) is 4.98 Å². The molecule has 2 rings (SSSR count). The zero-order valence-corrected chi connectivity index (χ0v) is 10.5. The van der Waals surface area contributed by atoms with Crippen molar-refractivity contribution in [2.24, 2.45) is 5.73 Å². The molecule has 3 N–H and O–H groups in total. The monoisotopic (exact) mass is 256 g/mol. The summed E-state index contributed by atoms with van der Waals surface area (Å²) in [4.78, 5) is 15.1. The van der Waals surface area contributed by atoms with Crippen LogP contribution in [0.15, 0.2) is 5.38 Å². The largest absolute Gasteiger partial charge is 0.480 e. The fraction of sp³-hybridized carbons (Fsp3) is 0.636. The van der Waals surface area contributed by atoms with Crippen molar-refractivity contribution in [2.45, 2.75) is 37.3 Å². The molecule has 17 heavy (non-hydrogen) atoms. The second-order valence-corrected chi connectivity index (χ2v) is 5.16. The number of rotatable bonds is 4. The van der Waals surface area contributed by atoms with E-state index in [0.29, 0.717) is 5.69 Å². The van der Waals surface area contributed by atoms with Gasteiger partial charge in [-0.2, -0.15) is 0 Å². The summed E-state index contributed by atoms with van der Waals surface area (Å²) in [6, 6.07) is -1.05. The van der Waals surface area contributed by atoms with Crippen LogP contribution in [0.3, 0.4) is 0 Å². The van der Waals surface area contributed by atoms with E-state index in [4.69, 9.17) is 15.6 Å². The number of hydrogen-bond donors (Lipinski definition) is 2. The molecule has 0 radical (unpaired) electrons. The average Bonchev–Trinajstić information content (AvgIpc) is 2.97. The number of methoxy groups -OCH3 is 1. The molecule has 1 heterocycles. The van der Waals surface area contributed by atoms with E-state index in [9.17, 15) is 4.79 Å². The molecule has 1 aliphatic carbocycles. The summed E-state index contributed by atoms with van der Waals surface area (Å²) in [5.41, 5.74) is 5.64. The normalized spacial score (nSPS) is 20.4. The zero-order chi connectivity index (χ0) is 12.5. The standard InChI is InChI=1S/C11H16N2O3S/c1-16-11(4-2-3-5-11)10-13-7(6-17-10)8(12)9(14)15/h6,8H,2-5,12H2,1H3,(H,14,15). The van der Waals surface area contributed by atoms with Gasteiger partial charge in [-0.3, -0.25) is 4.79 Å². The molecule has 1 unspecified atom stereocenters. The number of aliphatic carboxylic acids is 1. The Morgan fingerprint density at radius 1 is 1.65 bits per heavy atom. The highest BCUT2D eigenvalue weighted by Crippen LogP contribution is 2.43. The zero-order valence-electron chi connectivity index (χ0n) is 9.68. The fourth-order valence-electron chi connectivity index (χ4n) is 2.22. The van der Waals surface area contributed by atoms with Gasteiger partial charge in [0.1, 0.15) is 16.7 Å². The quantitative estimate of drug-likeness (QED) is 0.855. The van der Waals surface area contributed by atoms with Gasteiger partial charge in [0.2, 0.25) is 0 Å². The van der Waals surface area contributed by atoms with Crippen LogP contribution in [0.5, 0.6) is 0 Å². The van der Waals surface area contributed by atoms with Crippen molar-refractivity contribution in [3.8, 4) is 0 Å². The second-order valence-electron chi connectivity index (χ2n) is 4.30. The lowest BCUT2D eigenvalue weighted by atomic mass is 10.0. The Balaban J connectivity index is 2.25. The minimum Gasteiger partial charge on any atom is -0.480 e. The van der Waals surface area contributed by atoms with Gasteiger partial charge in [-0.1, -0.05) is 12.8 Å². The minimum atomic E-state index is -1.06. The molecule has 0 aromatic carbocycles. The van der Waals surface area contributed by atoms with E-state index in [1.54, 1.807) is 12.5 Å². The van der Waals surface area contributed by atoms with Crippen LogP contribution >= 0.6 is 11.3 Å². The molecule has 1 saturated carbocycles. The lowest BCUT2D eigenvalue weighted by Gasteiger charge is -2.24. The highest BCUT2D eigenvalue weighted by atomic mass is 32.1. The molecular weight excluding hydrogens is 240 g/mol. The highest BCUT2D eigenvalue weighted by Gasteiger charge is 2.38. The molecule has 0 saturated heterocycles. The first kappa shape index (κ1) is 12.5. The number of nitrogens with two attached hydrogens (primary N) is 1. The number of ether oxygens (including phenoxy) is 1.